The molecule has 0 amide bonds. The number of carbonyl (C=O) groups is 1. The minimum atomic E-state index is 0.0996. The van der Waals surface area contributed by atoms with Gasteiger partial charge in [-0.25, -0.2) is 4.98 Å². The first-order valence-electron chi connectivity index (χ1n) is 13.3. The van der Waals surface area contributed by atoms with Gasteiger partial charge in [0.15, 0.2) is 5.78 Å². The standard InChI is InChI=1S/C30H34N4O2/c1-21-16-22(18-32-30(21)24-4-7-27(8-5-24)33-12-14-36-15-13-33)17-28(35)26-10-11-34(20-26)29-9-6-25(19-31-29)23-2-3-23/h4,6,9-11,16,18-20,23,27H,2-3,5,7-8,12-15,17H2,1H3. The Morgan fingerprint density at radius 1 is 1.08 bits per heavy atom. The van der Waals surface area contributed by atoms with Gasteiger partial charge in [-0.3, -0.25) is 14.7 Å². The molecule has 36 heavy (non-hydrogen) atoms. The summed E-state index contributed by atoms with van der Waals surface area (Å²) >= 11 is 0. The number of ketones is 1. The van der Waals surface area contributed by atoms with Crippen molar-refractivity contribution in [2.24, 2.45) is 0 Å². The molecule has 186 valence electrons. The highest BCUT2D eigenvalue weighted by atomic mass is 16.5. The van der Waals surface area contributed by atoms with Gasteiger partial charge in [0, 0.05) is 55.9 Å². The molecule has 6 heteroatoms. The van der Waals surface area contributed by atoms with E-state index in [1.54, 1.807) is 0 Å². The molecule has 1 saturated carbocycles. The van der Waals surface area contributed by atoms with E-state index in [0.29, 0.717) is 23.9 Å². The van der Waals surface area contributed by atoms with Crippen molar-refractivity contribution in [1.82, 2.24) is 19.4 Å². The monoisotopic (exact) mass is 482 g/mol. The molecule has 3 aromatic heterocycles. The summed E-state index contributed by atoms with van der Waals surface area (Å²) in [6.45, 7) is 5.89. The molecule has 1 atom stereocenters. The molecule has 6 nitrogen and oxygen atoms in total. The van der Waals surface area contributed by atoms with E-state index in [2.05, 4.69) is 35.0 Å². The fourth-order valence-electron chi connectivity index (χ4n) is 5.58. The summed E-state index contributed by atoms with van der Waals surface area (Å²) in [5.41, 5.74) is 6.55. The zero-order chi connectivity index (χ0) is 24.5. The maximum atomic E-state index is 13.0. The smallest absolute Gasteiger partial charge is 0.168 e. The Bertz CT molecular complexity index is 1270. The molecule has 4 heterocycles. The topological polar surface area (TPSA) is 60.2 Å². The van der Waals surface area contributed by atoms with Gasteiger partial charge >= 0.3 is 0 Å². The Labute approximate surface area is 213 Å². The van der Waals surface area contributed by atoms with Crippen molar-refractivity contribution in [2.45, 2.75) is 57.4 Å². The molecule has 0 bridgehead atoms. The van der Waals surface area contributed by atoms with E-state index in [1.807, 2.05) is 41.5 Å². The lowest BCUT2D eigenvalue weighted by molar-refractivity contribution is 0.0150. The van der Waals surface area contributed by atoms with Crippen molar-refractivity contribution >= 4 is 11.4 Å². The van der Waals surface area contributed by atoms with Crippen LogP contribution < -0.4 is 0 Å². The molecule has 1 aliphatic heterocycles. The Kier molecular flexibility index (Phi) is 6.55. The first kappa shape index (κ1) is 23.3. The lowest BCUT2D eigenvalue weighted by Crippen LogP contribution is -2.43. The molecule has 1 unspecified atom stereocenters. The molecule has 3 aromatic rings. The van der Waals surface area contributed by atoms with Gasteiger partial charge in [0.05, 0.1) is 18.9 Å². The SMILES string of the molecule is Cc1cc(CC(=O)c2ccn(-c3ccc(C4CC4)cn3)c2)cnc1C1=CCC(N2CCOCC2)CC1. The molecule has 2 fully saturated rings. The molecular weight excluding hydrogens is 448 g/mol. The largest absolute Gasteiger partial charge is 0.379 e. The summed E-state index contributed by atoms with van der Waals surface area (Å²) in [7, 11) is 0. The van der Waals surface area contributed by atoms with E-state index in [9.17, 15) is 4.79 Å². The third kappa shape index (κ3) is 5.06. The maximum absolute atomic E-state index is 13.0. The molecule has 2 aliphatic carbocycles. The minimum absolute atomic E-state index is 0.0996. The Balaban J connectivity index is 1.09. The number of carbonyl (C=O) groups excluding carboxylic acids is 1. The van der Waals surface area contributed by atoms with Crippen molar-refractivity contribution in [1.29, 1.82) is 0 Å². The fourth-order valence-corrected chi connectivity index (χ4v) is 5.58. The fraction of sp³-hybridized carbons (Fsp3) is 0.433. The van der Waals surface area contributed by atoms with E-state index >= 15 is 0 Å². The average molecular weight is 483 g/mol. The van der Waals surface area contributed by atoms with Crippen LogP contribution in [-0.4, -0.2) is 57.6 Å². The molecule has 0 aromatic carbocycles. The van der Waals surface area contributed by atoms with Gasteiger partial charge in [0.2, 0.25) is 0 Å². The van der Waals surface area contributed by atoms with Gasteiger partial charge in [0.25, 0.3) is 0 Å². The number of pyridine rings is 2. The van der Waals surface area contributed by atoms with E-state index in [1.165, 1.54) is 30.4 Å². The molecular formula is C30H34N4O2. The van der Waals surface area contributed by atoms with Gasteiger partial charge in [-0.2, -0.15) is 0 Å². The number of nitrogens with zero attached hydrogens (tertiary/aromatic N) is 4. The third-order valence-corrected chi connectivity index (χ3v) is 7.85. The first-order valence-corrected chi connectivity index (χ1v) is 13.3. The second-order valence-corrected chi connectivity index (χ2v) is 10.4. The summed E-state index contributed by atoms with van der Waals surface area (Å²) in [5.74, 6) is 1.64. The van der Waals surface area contributed by atoms with Gasteiger partial charge in [-0.05, 0) is 79.3 Å². The van der Waals surface area contributed by atoms with Gasteiger partial charge in [-0.15, -0.1) is 0 Å². The Hall–Kier alpha value is -3.09. The summed E-state index contributed by atoms with van der Waals surface area (Å²) in [4.78, 5) is 25.0. The normalized spacial score (nSPS) is 20.8. The van der Waals surface area contributed by atoms with Crippen molar-refractivity contribution in [3.05, 3.63) is 83.1 Å². The van der Waals surface area contributed by atoms with Crippen molar-refractivity contribution in [2.75, 3.05) is 26.3 Å². The predicted octanol–water partition coefficient (Wildman–Crippen LogP) is 5.15. The van der Waals surface area contributed by atoms with Gasteiger partial charge < -0.3 is 9.30 Å². The Morgan fingerprint density at radius 3 is 2.64 bits per heavy atom. The number of hydrogen-bond acceptors (Lipinski definition) is 5. The van der Waals surface area contributed by atoms with Crippen molar-refractivity contribution in [3.63, 3.8) is 0 Å². The second kappa shape index (κ2) is 10.1. The third-order valence-electron chi connectivity index (χ3n) is 7.85. The number of Topliss-reactive ketones (excluding diaryl/α,β-unsaturated/α-hetero) is 1. The number of rotatable bonds is 7. The number of ether oxygens (including phenoxy) is 1. The lowest BCUT2D eigenvalue weighted by Gasteiger charge is -2.36. The van der Waals surface area contributed by atoms with Crippen LogP contribution in [0.15, 0.2) is 55.1 Å². The summed E-state index contributed by atoms with van der Waals surface area (Å²) in [6.07, 6.45) is 16.2. The van der Waals surface area contributed by atoms with Crippen LogP contribution in [0.1, 0.15) is 70.8 Å². The van der Waals surface area contributed by atoms with Crippen LogP contribution in [0.2, 0.25) is 0 Å². The first-order chi connectivity index (χ1) is 17.6. The molecule has 3 aliphatic rings. The highest BCUT2D eigenvalue weighted by Crippen LogP contribution is 2.39. The van der Waals surface area contributed by atoms with Crippen LogP contribution >= 0.6 is 0 Å². The van der Waals surface area contributed by atoms with E-state index in [4.69, 9.17) is 9.72 Å². The molecule has 1 saturated heterocycles. The van der Waals surface area contributed by atoms with Crippen molar-refractivity contribution in [3.8, 4) is 5.82 Å². The number of aromatic nitrogens is 3. The summed E-state index contributed by atoms with van der Waals surface area (Å²) < 4.78 is 7.43. The molecule has 0 spiro atoms. The molecule has 0 N–H and O–H groups in total. The lowest BCUT2D eigenvalue weighted by atomic mass is 9.90. The van der Waals surface area contributed by atoms with E-state index in [-0.39, 0.29) is 5.78 Å². The van der Waals surface area contributed by atoms with Crippen LogP contribution in [-0.2, 0) is 11.2 Å². The molecule has 6 rings (SSSR count). The predicted molar refractivity (Wildman–Crippen MR) is 141 cm³/mol. The highest BCUT2D eigenvalue weighted by molar-refractivity contribution is 5.97. The zero-order valence-corrected chi connectivity index (χ0v) is 21.0. The van der Waals surface area contributed by atoms with Crippen molar-refractivity contribution < 1.29 is 9.53 Å². The average Bonchev–Trinajstić information content (AvgIpc) is 3.65. The highest BCUT2D eigenvalue weighted by Gasteiger charge is 2.25. The van der Waals surface area contributed by atoms with Crippen LogP contribution in [0.4, 0.5) is 0 Å². The number of hydrogen-bond donors (Lipinski definition) is 0. The number of allylic oxidation sites excluding steroid dienone is 1. The van der Waals surface area contributed by atoms with Crippen LogP contribution in [0.3, 0.4) is 0 Å². The minimum Gasteiger partial charge on any atom is -0.379 e. The maximum Gasteiger partial charge on any atom is 0.168 e. The zero-order valence-electron chi connectivity index (χ0n) is 21.0. The summed E-state index contributed by atoms with van der Waals surface area (Å²) in [5, 5.41) is 0. The summed E-state index contributed by atoms with van der Waals surface area (Å²) in [6, 6.07) is 8.82. The number of aryl methyl sites for hydroxylation is 1. The van der Waals surface area contributed by atoms with Crippen LogP contribution in [0.25, 0.3) is 11.4 Å². The Morgan fingerprint density at radius 2 is 1.94 bits per heavy atom. The van der Waals surface area contributed by atoms with Gasteiger partial charge in [0.1, 0.15) is 5.82 Å². The van der Waals surface area contributed by atoms with E-state index < -0.39 is 0 Å². The molecule has 0 radical (unpaired) electrons. The van der Waals surface area contributed by atoms with Crippen LogP contribution in [0, 0.1) is 6.92 Å². The quantitative estimate of drug-likeness (QED) is 0.436. The second-order valence-electron chi connectivity index (χ2n) is 10.4. The number of morpholine rings is 1. The van der Waals surface area contributed by atoms with Crippen LogP contribution in [0.5, 0.6) is 0 Å². The van der Waals surface area contributed by atoms with Gasteiger partial charge in [-0.1, -0.05) is 18.2 Å². The van der Waals surface area contributed by atoms with E-state index in [0.717, 1.165) is 61.8 Å².